The monoisotopic (exact) mass is 449 g/mol. The maximum atomic E-state index is 13.5. The molecule has 0 N–H and O–H groups in total. The fourth-order valence-electron chi connectivity index (χ4n) is 4.46. The predicted molar refractivity (Wildman–Crippen MR) is 133 cm³/mol. The molecule has 0 spiro atoms. The van der Waals surface area contributed by atoms with Gasteiger partial charge < -0.3 is 4.90 Å². The average Bonchev–Trinajstić information content (AvgIpc) is 2.85. The molecular weight excluding hydrogens is 413 g/mol. The number of likely N-dealkylation sites (N-methyl/N-ethyl adjacent to an activating group) is 1. The second-order valence-electron chi connectivity index (χ2n) is 8.66. The number of benzene rings is 2. The summed E-state index contributed by atoms with van der Waals surface area (Å²) in [7, 11) is 2.01. The molecule has 1 aliphatic rings. The van der Waals surface area contributed by atoms with Gasteiger partial charge in [-0.1, -0.05) is 60.7 Å². The molecule has 1 unspecified atom stereocenters. The molecule has 176 valence electrons. The number of halogens is 1. The van der Waals surface area contributed by atoms with Crippen molar-refractivity contribution in [1.82, 2.24) is 14.7 Å². The molecule has 0 radical (unpaired) electrons. The van der Waals surface area contributed by atoms with E-state index in [-0.39, 0.29) is 23.8 Å². The van der Waals surface area contributed by atoms with Crippen LogP contribution >= 0.6 is 0 Å². The maximum Gasteiger partial charge on any atom is 0.236 e. The molecular formula is C28H36FN3O. The van der Waals surface area contributed by atoms with Crippen molar-refractivity contribution in [2.75, 3.05) is 39.8 Å². The van der Waals surface area contributed by atoms with Crippen LogP contribution in [0.1, 0.15) is 44.0 Å². The number of hydrogen-bond acceptors (Lipinski definition) is 3. The van der Waals surface area contributed by atoms with Gasteiger partial charge in [0.25, 0.3) is 0 Å². The molecule has 1 heterocycles. The predicted octanol–water partition coefficient (Wildman–Crippen LogP) is 5.23. The van der Waals surface area contributed by atoms with E-state index < -0.39 is 0 Å². The van der Waals surface area contributed by atoms with Crippen molar-refractivity contribution in [3.8, 4) is 0 Å². The molecule has 4 nitrogen and oxygen atoms in total. The van der Waals surface area contributed by atoms with Gasteiger partial charge in [-0.2, -0.15) is 0 Å². The molecule has 0 aliphatic carbocycles. The Morgan fingerprint density at radius 3 is 2.21 bits per heavy atom. The molecule has 5 heteroatoms. The Kier molecular flexibility index (Phi) is 8.98. The highest BCUT2D eigenvalue weighted by molar-refractivity contribution is 5.78. The molecule has 0 bridgehead atoms. The van der Waals surface area contributed by atoms with E-state index in [4.69, 9.17) is 0 Å². The quantitative estimate of drug-likeness (QED) is 0.517. The van der Waals surface area contributed by atoms with Gasteiger partial charge in [0.05, 0.1) is 12.6 Å². The van der Waals surface area contributed by atoms with Gasteiger partial charge in [0.1, 0.15) is 5.82 Å². The van der Waals surface area contributed by atoms with Gasteiger partial charge in [-0.05, 0) is 56.7 Å². The first-order valence-corrected chi connectivity index (χ1v) is 11.8. The zero-order valence-electron chi connectivity index (χ0n) is 20.2. The van der Waals surface area contributed by atoms with Crippen LogP contribution in [0.2, 0.25) is 0 Å². The third-order valence-corrected chi connectivity index (χ3v) is 6.55. The van der Waals surface area contributed by atoms with Crippen LogP contribution in [0.15, 0.2) is 78.4 Å². The van der Waals surface area contributed by atoms with E-state index in [1.807, 2.05) is 62.2 Å². The van der Waals surface area contributed by atoms with Crippen LogP contribution < -0.4 is 0 Å². The van der Waals surface area contributed by atoms with E-state index in [0.29, 0.717) is 19.6 Å². The number of hydrogen-bond donors (Lipinski definition) is 0. The fraction of sp³-hybridized carbons (Fsp3) is 0.393. The van der Waals surface area contributed by atoms with Crippen LogP contribution in [0.25, 0.3) is 0 Å². The maximum absolute atomic E-state index is 13.5. The highest BCUT2D eigenvalue weighted by Crippen LogP contribution is 2.31. The lowest BCUT2D eigenvalue weighted by atomic mass is 9.95. The van der Waals surface area contributed by atoms with Crippen LogP contribution in [-0.2, 0) is 4.79 Å². The summed E-state index contributed by atoms with van der Waals surface area (Å²) in [5, 5.41) is 0. The van der Waals surface area contributed by atoms with Crippen LogP contribution in [-0.4, -0.2) is 60.4 Å². The highest BCUT2D eigenvalue weighted by atomic mass is 19.1. The third-order valence-electron chi connectivity index (χ3n) is 6.55. The van der Waals surface area contributed by atoms with Gasteiger partial charge in [-0.3, -0.25) is 14.6 Å². The molecule has 2 aromatic rings. The van der Waals surface area contributed by atoms with Gasteiger partial charge in [0, 0.05) is 32.2 Å². The Balaban J connectivity index is 1.64. The van der Waals surface area contributed by atoms with Crippen molar-refractivity contribution >= 4 is 5.91 Å². The zero-order chi connectivity index (χ0) is 23.8. The number of allylic oxidation sites excluding steroid dienone is 2. The van der Waals surface area contributed by atoms with Crippen molar-refractivity contribution in [3.63, 3.8) is 0 Å². The molecule has 33 heavy (non-hydrogen) atoms. The first-order chi connectivity index (χ1) is 15.9. The summed E-state index contributed by atoms with van der Waals surface area (Å²) in [6.45, 7) is 9.52. The molecule has 3 rings (SSSR count). The molecule has 0 saturated carbocycles. The van der Waals surface area contributed by atoms with E-state index in [2.05, 4.69) is 41.0 Å². The molecule has 2 atom stereocenters. The van der Waals surface area contributed by atoms with Crippen molar-refractivity contribution in [2.45, 2.75) is 32.9 Å². The lowest BCUT2D eigenvalue weighted by Crippen LogP contribution is -2.52. The van der Waals surface area contributed by atoms with Gasteiger partial charge >= 0.3 is 0 Å². The first kappa shape index (κ1) is 24.9. The SMILES string of the molecule is CC=CC(=CC)C(c1ccc(F)cc1)N1CCN(C(=O)CN(C)[C@H](C)c2ccccc2)CC1. The number of amides is 1. The lowest BCUT2D eigenvalue weighted by molar-refractivity contribution is -0.134. The third kappa shape index (κ3) is 6.40. The molecule has 1 amide bonds. The standard InChI is InChI=1S/C28H36FN3O/c1-5-10-23(6-2)28(25-13-15-26(29)16-14-25)32-19-17-31(18-20-32)27(33)21-30(4)22(3)24-11-8-7-9-12-24/h5-16,22,28H,17-21H2,1-4H3/t22-,28?/m1/s1. The van der Waals surface area contributed by atoms with E-state index in [1.54, 1.807) is 0 Å². The summed E-state index contributed by atoms with van der Waals surface area (Å²) < 4.78 is 13.5. The zero-order valence-corrected chi connectivity index (χ0v) is 20.2. The summed E-state index contributed by atoms with van der Waals surface area (Å²) in [5.41, 5.74) is 3.46. The minimum Gasteiger partial charge on any atom is -0.339 e. The van der Waals surface area contributed by atoms with Gasteiger partial charge in [0.2, 0.25) is 5.91 Å². The Labute approximate surface area is 198 Å². The van der Waals surface area contributed by atoms with E-state index in [9.17, 15) is 9.18 Å². The summed E-state index contributed by atoms with van der Waals surface area (Å²) >= 11 is 0. The van der Waals surface area contributed by atoms with Crippen molar-refractivity contribution < 1.29 is 9.18 Å². The van der Waals surface area contributed by atoms with Gasteiger partial charge in [-0.15, -0.1) is 0 Å². The first-order valence-electron chi connectivity index (χ1n) is 11.8. The van der Waals surface area contributed by atoms with E-state index in [1.165, 1.54) is 23.3 Å². The smallest absolute Gasteiger partial charge is 0.236 e. The largest absolute Gasteiger partial charge is 0.339 e. The van der Waals surface area contributed by atoms with Crippen LogP contribution in [0.3, 0.4) is 0 Å². The number of piperazine rings is 1. The van der Waals surface area contributed by atoms with Crippen molar-refractivity contribution in [2.24, 2.45) is 0 Å². The summed E-state index contributed by atoms with van der Waals surface area (Å²) in [6.07, 6.45) is 6.27. The number of rotatable bonds is 8. The second kappa shape index (κ2) is 11.9. The van der Waals surface area contributed by atoms with Gasteiger partial charge in [-0.25, -0.2) is 4.39 Å². The number of carbonyl (C=O) groups is 1. The lowest BCUT2D eigenvalue weighted by Gasteiger charge is -2.40. The number of nitrogens with zero attached hydrogens (tertiary/aromatic N) is 3. The number of carbonyl (C=O) groups excluding carboxylic acids is 1. The average molecular weight is 450 g/mol. The Hall–Kier alpha value is -2.76. The summed E-state index contributed by atoms with van der Waals surface area (Å²) in [6, 6.07) is 17.3. The minimum atomic E-state index is -0.227. The van der Waals surface area contributed by atoms with Crippen molar-refractivity contribution in [1.29, 1.82) is 0 Å². The highest BCUT2D eigenvalue weighted by Gasteiger charge is 2.29. The normalized spacial score (nSPS) is 17.5. The second-order valence-corrected chi connectivity index (χ2v) is 8.66. The molecule has 1 aliphatic heterocycles. The van der Waals surface area contributed by atoms with Crippen molar-refractivity contribution in [3.05, 3.63) is 95.3 Å². The molecule has 2 aromatic carbocycles. The Morgan fingerprint density at radius 2 is 1.64 bits per heavy atom. The van der Waals surface area contributed by atoms with Crippen LogP contribution in [0.4, 0.5) is 4.39 Å². The molecule has 1 saturated heterocycles. The minimum absolute atomic E-state index is 0.0461. The topological polar surface area (TPSA) is 26.8 Å². The Bertz CT molecular complexity index is 947. The van der Waals surface area contributed by atoms with Crippen LogP contribution in [0, 0.1) is 5.82 Å². The molecule has 1 fully saturated rings. The summed E-state index contributed by atoms with van der Waals surface area (Å²) in [4.78, 5) is 19.5. The molecule has 0 aromatic heterocycles. The fourth-order valence-corrected chi connectivity index (χ4v) is 4.46. The van der Waals surface area contributed by atoms with E-state index in [0.717, 1.165) is 18.7 Å². The van der Waals surface area contributed by atoms with Gasteiger partial charge in [0.15, 0.2) is 0 Å². The van der Waals surface area contributed by atoms with Crippen LogP contribution in [0.5, 0.6) is 0 Å². The Morgan fingerprint density at radius 1 is 1.00 bits per heavy atom. The van der Waals surface area contributed by atoms with E-state index >= 15 is 0 Å². The summed E-state index contributed by atoms with van der Waals surface area (Å²) in [5.74, 6) is -0.0622.